The molecule has 0 saturated carbocycles. The lowest BCUT2D eigenvalue weighted by atomic mass is 10.1. The van der Waals surface area contributed by atoms with Crippen LogP contribution in [0.2, 0.25) is 0 Å². The average molecular weight is 363 g/mol. The van der Waals surface area contributed by atoms with Crippen molar-refractivity contribution in [3.05, 3.63) is 89.5 Å². The van der Waals surface area contributed by atoms with Crippen LogP contribution in [0.4, 0.5) is 0 Å². The fraction of sp³-hybridized carbons (Fsp3) is 0.0952. The maximum Gasteiger partial charge on any atom is 0.294 e. The predicted molar refractivity (Wildman–Crippen MR) is 102 cm³/mol. The third-order valence-corrected chi connectivity index (χ3v) is 5.47. The summed E-state index contributed by atoms with van der Waals surface area (Å²) in [5, 5.41) is 0. The van der Waals surface area contributed by atoms with E-state index in [1.54, 1.807) is 12.1 Å². The summed E-state index contributed by atoms with van der Waals surface area (Å²) in [4.78, 5) is 4.68. The number of rotatable bonds is 4. The zero-order valence-electron chi connectivity index (χ0n) is 13.9. The van der Waals surface area contributed by atoms with Crippen molar-refractivity contribution in [3.63, 3.8) is 0 Å². The number of nitrogens with zero attached hydrogens (tertiary/aromatic N) is 1. The van der Waals surface area contributed by atoms with Crippen molar-refractivity contribution in [2.75, 3.05) is 0 Å². The Balaban J connectivity index is 1.58. The molecule has 0 atom stereocenters. The standard InChI is InChI=1S/C21H17NO3S/c23-26(24,25)16-11-9-15(10-12-16)13-14-22-21-19-7-3-1-5-17(19)18-6-2-4-8-20(18)21/h1-12,14,21H,13H2,(H,23,24,25). The lowest BCUT2D eigenvalue weighted by Crippen LogP contribution is -1.98. The van der Waals surface area contributed by atoms with Crippen LogP contribution in [-0.2, 0) is 16.5 Å². The fourth-order valence-corrected chi connectivity index (χ4v) is 3.83. The minimum atomic E-state index is -4.15. The fourth-order valence-electron chi connectivity index (χ4n) is 3.35. The van der Waals surface area contributed by atoms with Crippen LogP contribution in [0, 0.1) is 0 Å². The Morgan fingerprint density at radius 2 is 1.38 bits per heavy atom. The topological polar surface area (TPSA) is 66.7 Å². The Morgan fingerprint density at radius 1 is 0.846 bits per heavy atom. The highest BCUT2D eigenvalue weighted by molar-refractivity contribution is 7.85. The average Bonchev–Trinajstić information content (AvgIpc) is 2.96. The molecule has 0 unspecified atom stereocenters. The van der Waals surface area contributed by atoms with Crippen LogP contribution in [0.25, 0.3) is 11.1 Å². The van der Waals surface area contributed by atoms with Crippen LogP contribution >= 0.6 is 0 Å². The van der Waals surface area contributed by atoms with Gasteiger partial charge in [-0.15, -0.1) is 0 Å². The summed E-state index contributed by atoms with van der Waals surface area (Å²) in [7, 11) is -4.15. The Hall–Kier alpha value is -2.76. The summed E-state index contributed by atoms with van der Waals surface area (Å²) >= 11 is 0. The molecule has 0 spiro atoms. The van der Waals surface area contributed by atoms with Crippen molar-refractivity contribution >= 4 is 16.3 Å². The molecular weight excluding hydrogens is 346 g/mol. The van der Waals surface area contributed by atoms with Gasteiger partial charge in [0.1, 0.15) is 6.04 Å². The van der Waals surface area contributed by atoms with E-state index in [9.17, 15) is 8.42 Å². The molecule has 1 N–H and O–H groups in total. The first kappa shape index (κ1) is 16.7. The van der Waals surface area contributed by atoms with E-state index in [0.29, 0.717) is 6.42 Å². The van der Waals surface area contributed by atoms with Crippen LogP contribution in [0.1, 0.15) is 22.7 Å². The number of fused-ring (bicyclic) bond motifs is 3. The second kappa shape index (κ2) is 6.52. The summed E-state index contributed by atoms with van der Waals surface area (Å²) in [5.74, 6) is 0. The molecular formula is C21H17NO3S. The zero-order chi connectivity index (χ0) is 18.1. The van der Waals surface area contributed by atoms with Gasteiger partial charge in [-0.05, 0) is 39.9 Å². The van der Waals surface area contributed by atoms with Crippen molar-refractivity contribution in [3.8, 4) is 11.1 Å². The molecule has 0 aromatic heterocycles. The summed E-state index contributed by atoms with van der Waals surface area (Å²) in [6.45, 7) is 0. The highest BCUT2D eigenvalue weighted by atomic mass is 32.2. The second-order valence-electron chi connectivity index (χ2n) is 6.23. The largest absolute Gasteiger partial charge is 0.294 e. The molecule has 0 heterocycles. The van der Waals surface area contributed by atoms with Crippen molar-refractivity contribution in [2.45, 2.75) is 17.4 Å². The molecule has 0 saturated heterocycles. The molecule has 3 aromatic rings. The third kappa shape index (κ3) is 3.07. The molecule has 4 rings (SSSR count). The van der Waals surface area contributed by atoms with Crippen LogP contribution in [-0.4, -0.2) is 19.2 Å². The van der Waals surface area contributed by atoms with Gasteiger partial charge in [-0.1, -0.05) is 60.7 Å². The normalized spacial score (nSPS) is 13.7. The lowest BCUT2D eigenvalue weighted by Gasteiger charge is -2.08. The predicted octanol–water partition coefficient (Wildman–Crippen LogP) is 4.32. The molecule has 0 radical (unpaired) electrons. The van der Waals surface area contributed by atoms with Gasteiger partial charge in [0.2, 0.25) is 0 Å². The Kier molecular flexibility index (Phi) is 4.18. The molecule has 130 valence electrons. The molecule has 0 bridgehead atoms. The number of hydrogen-bond acceptors (Lipinski definition) is 3. The molecule has 0 aliphatic heterocycles. The smallest absolute Gasteiger partial charge is 0.284 e. The van der Waals surface area contributed by atoms with E-state index in [4.69, 9.17) is 9.55 Å². The van der Waals surface area contributed by atoms with Crippen molar-refractivity contribution in [2.24, 2.45) is 4.99 Å². The summed E-state index contributed by atoms with van der Waals surface area (Å²) in [6, 6.07) is 22.8. The van der Waals surface area contributed by atoms with Crippen LogP contribution in [0.3, 0.4) is 0 Å². The maximum atomic E-state index is 11.1. The molecule has 0 amide bonds. The van der Waals surface area contributed by atoms with E-state index < -0.39 is 10.1 Å². The van der Waals surface area contributed by atoms with Crippen LogP contribution in [0.15, 0.2) is 82.7 Å². The maximum absolute atomic E-state index is 11.1. The molecule has 1 aliphatic rings. The second-order valence-corrected chi connectivity index (χ2v) is 7.65. The molecule has 0 fully saturated rings. The van der Waals surface area contributed by atoms with Crippen molar-refractivity contribution < 1.29 is 13.0 Å². The summed E-state index contributed by atoms with van der Waals surface area (Å²) in [5.41, 5.74) is 5.78. The monoisotopic (exact) mass is 363 g/mol. The number of benzene rings is 3. The third-order valence-electron chi connectivity index (χ3n) is 4.60. The van der Waals surface area contributed by atoms with Gasteiger partial charge < -0.3 is 0 Å². The Morgan fingerprint density at radius 3 is 1.92 bits per heavy atom. The minimum Gasteiger partial charge on any atom is -0.284 e. The van der Waals surface area contributed by atoms with Gasteiger partial charge >= 0.3 is 0 Å². The number of hydrogen-bond donors (Lipinski definition) is 1. The van der Waals surface area contributed by atoms with Crippen LogP contribution < -0.4 is 0 Å². The Bertz CT molecular complexity index is 1040. The van der Waals surface area contributed by atoms with E-state index >= 15 is 0 Å². The van der Waals surface area contributed by atoms with Gasteiger partial charge in [0, 0.05) is 12.6 Å². The van der Waals surface area contributed by atoms with Gasteiger partial charge in [0.25, 0.3) is 10.1 Å². The van der Waals surface area contributed by atoms with Crippen molar-refractivity contribution in [1.82, 2.24) is 0 Å². The molecule has 1 aliphatic carbocycles. The highest BCUT2D eigenvalue weighted by Crippen LogP contribution is 2.44. The quantitative estimate of drug-likeness (QED) is 0.555. The minimum absolute atomic E-state index is 0.0144. The van der Waals surface area contributed by atoms with Gasteiger partial charge in [0.15, 0.2) is 0 Å². The van der Waals surface area contributed by atoms with Gasteiger partial charge in [-0.2, -0.15) is 8.42 Å². The first-order valence-corrected chi connectivity index (χ1v) is 9.74. The zero-order valence-corrected chi connectivity index (χ0v) is 14.7. The SMILES string of the molecule is O=S(=O)(O)c1ccc(CC=NC2c3ccccc3-c3ccccc32)cc1. The van der Waals surface area contributed by atoms with Crippen LogP contribution in [0.5, 0.6) is 0 Å². The highest BCUT2D eigenvalue weighted by Gasteiger charge is 2.26. The van der Waals surface area contributed by atoms with Gasteiger partial charge in [-0.3, -0.25) is 9.55 Å². The lowest BCUT2D eigenvalue weighted by molar-refractivity contribution is 0.483. The van der Waals surface area contributed by atoms with E-state index in [1.165, 1.54) is 34.4 Å². The summed E-state index contributed by atoms with van der Waals surface area (Å²) in [6.07, 6.45) is 2.46. The molecule has 4 nitrogen and oxygen atoms in total. The molecule has 3 aromatic carbocycles. The van der Waals surface area contributed by atoms with Gasteiger partial charge in [0.05, 0.1) is 4.90 Å². The number of aliphatic imine (C=N–C) groups is 1. The molecule has 5 heteroatoms. The summed E-state index contributed by atoms with van der Waals surface area (Å²) < 4.78 is 31.2. The first-order chi connectivity index (χ1) is 12.5. The first-order valence-electron chi connectivity index (χ1n) is 8.30. The molecule has 26 heavy (non-hydrogen) atoms. The van der Waals surface area contributed by atoms with E-state index in [0.717, 1.165) is 5.56 Å². The Labute approximate surface area is 152 Å². The van der Waals surface area contributed by atoms with Crippen molar-refractivity contribution in [1.29, 1.82) is 0 Å². The van der Waals surface area contributed by atoms with E-state index in [1.807, 2.05) is 30.5 Å². The van der Waals surface area contributed by atoms with E-state index in [-0.39, 0.29) is 10.9 Å². The van der Waals surface area contributed by atoms with E-state index in [2.05, 4.69) is 24.3 Å². The van der Waals surface area contributed by atoms with Gasteiger partial charge in [-0.25, -0.2) is 0 Å².